The molecule has 0 bridgehead atoms. The fourth-order valence-corrected chi connectivity index (χ4v) is 6.20. The minimum Gasteiger partial charge on any atom is -0.493 e. The summed E-state index contributed by atoms with van der Waals surface area (Å²) in [4.78, 5) is 42.3. The predicted octanol–water partition coefficient (Wildman–Crippen LogP) is 6.70. The Morgan fingerprint density at radius 2 is 1.67 bits per heavy atom. The fraction of sp³-hybridized carbons (Fsp3) is 0.457. The summed E-state index contributed by atoms with van der Waals surface area (Å²) in [5.74, 6) is 0.883. The van der Waals surface area contributed by atoms with Gasteiger partial charge in [-0.3, -0.25) is 19.7 Å². The number of aromatic nitrogens is 1. The Balaban J connectivity index is 1.64. The molecule has 3 aromatic rings. The lowest BCUT2D eigenvalue weighted by Gasteiger charge is -2.34. The smallest absolute Gasteiger partial charge is 0.416 e. The number of benzene rings is 2. The minimum atomic E-state index is -3.96. The molecular formula is C35H47N5O10S. The van der Waals surface area contributed by atoms with Gasteiger partial charge in [0.2, 0.25) is 10.0 Å². The number of methoxy groups -OCH3 is 2. The number of hydrogen-bond acceptors (Lipinski definition) is 11. The number of aryl methyl sites for hydroxylation is 1. The van der Waals surface area contributed by atoms with E-state index in [-0.39, 0.29) is 42.3 Å². The number of unbranched alkanes of at least 4 members (excludes halogenated alkanes) is 1. The molecule has 0 radical (unpaired) electrons. The maximum Gasteiger partial charge on any atom is 0.416 e. The first-order valence-corrected chi connectivity index (χ1v) is 17.9. The Kier molecular flexibility index (Phi) is 13.6. The lowest BCUT2D eigenvalue weighted by molar-refractivity contribution is -0.383. The van der Waals surface area contributed by atoms with Gasteiger partial charge in [0, 0.05) is 11.7 Å². The van der Waals surface area contributed by atoms with Crippen LogP contribution < -0.4 is 24.4 Å². The highest BCUT2D eigenvalue weighted by Gasteiger charge is 2.31. The molecule has 0 fully saturated rings. The summed E-state index contributed by atoms with van der Waals surface area (Å²) in [6, 6.07) is 12.8. The van der Waals surface area contributed by atoms with Gasteiger partial charge in [-0.2, -0.15) is 0 Å². The van der Waals surface area contributed by atoms with Gasteiger partial charge in [-0.1, -0.05) is 12.1 Å². The van der Waals surface area contributed by atoms with Crippen molar-refractivity contribution in [1.29, 1.82) is 0 Å². The van der Waals surface area contributed by atoms with Crippen LogP contribution in [-0.4, -0.2) is 74.8 Å². The molecule has 0 saturated carbocycles. The Bertz CT molecular complexity index is 1800. The first-order valence-electron chi connectivity index (χ1n) is 16.2. The number of pyridine rings is 1. The van der Waals surface area contributed by atoms with Gasteiger partial charge in [0.05, 0.1) is 37.0 Å². The van der Waals surface area contributed by atoms with Crippen molar-refractivity contribution in [1.82, 2.24) is 10.3 Å². The van der Waals surface area contributed by atoms with Crippen LogP contribution >= 0.6 is 0 Å². The molecule has 0 aliphatic heterocycles. The molecule has 278 valence electrons. The third-order valence-corrected chi connectivity index (χ3v) is 8.55. The maximum absolute atomic E-state index is 13.1. The van der Waals surface area contributed by atoms with Crippen LogP contribution in [0.1, 0.15) is 59.9 Å². The van der Waals surface area contributed by atoms with Gasteiger partial charge >= 0.3 is 17.9 Å². The third-order valence-electron chi connectivity index (χ3n) is 7.20. The average Bonchev–Trinajstić information content (AvgIpc) is 3.03. The number of rotatable bonds is 15. The number of nitrogens with one attached hydrogen (secondary N) is 2. The van der Waals surface area contributed by atoms with Crippen LogP contribution in [0.5, 0.6) is 11.5 Å². The molecular weight excluding hydrogens is 682 g/mol. The molecule has 0 spiro atoms. The van der Waals surface area contributed by atoms with Crippen molar-refractivity contribution in [3.63, 3.8) is 0 Å². The molecule has 16 heteroatoms. The molecule has 2 N–H and O–H groups in total. The molecule has 2 aromatic carbocycles. The summed E-state index contributed by atoms with van der Waals surface area (Å²) in [5, 5.41) is 14.7. The van der Waals surface area contributed by atoms with Gasteiger partial charge in [-0.15, -0.1) is 0 Å². The average molecular weight is 730 g/mol. The number of alkyl carbamates (subject to hydrolysis) is 1. The summed E-state index contributed by atoms with van der Waals surface area (Å²) in [7, 11) is -1.04. The summed E-state index contributed by atoms with van der Waals surface area (Å²) >= 11 is 0. The van der Waals surface area contributed by atoms with E-state index in [1.54, 1.807) is 57.3 Å². The lowest BCUT2D eigenvalue weighted by Crippen LogP contribution is -2.47. The number of ether oxygens (including phenoxy) is 4. The van der Waals surface area contributed by atoms with Crippen LogP contribution in [0.3, 0.4) is 0 Å². The van der Waals surface area contributed by atoms with E-state index in [1.165, 1.54) is 37.3 Å². The quantitative estimate of drug-likeness (QED) is 0.0962. The SMILES string of the molecule is COc1ccc(-c2cccc(NS(=O)(=O)CCCCc3ccnc(N(C(=O)OCCNC(=O)OC(C)(C)C)C(C)(C)C)c3)c2[N+](=O)[O-])cc1OC. The molecule has 51 heavy (non-hydrogen) atoms. The molecule has 0 saturated heterocycles. The molecule has 3 rings (SSSR count). The monoisotopic (exact) mass is 729 g/mol. The highest BCUT2D eigenvalue weighted by Crippen LogP contribution is 2.40. The minimum absolute atomic E-state index is 0.0561. The van der Waals surface area contributed by atoms with Crippen LogP contribution in [0.2, 0.25) is 0 Å². The second-order valence-electron chi connectivity index (χ2n) is 13.5. The van der Waals surface area contributed by atoms with Crippen molar-refractivity contribution < 1.29 is 41.9 Å². The van der Waals surface area contributed by atoms with E-state index >= 15 is 0 Å². The second kappa shape index (κ2) is 17.2. The number of sulfonamides is 1. The van der Waals surface area contributed by atoms with Crippen molar-refractivity contribution >= 4 is 39.4 Å². The fourth-order valence-electron chi connectivity index (χ4n) is 5.02. The van der Waals surface area contributed by atoms with Crippen LogP contribution in [0.4, 0.5) is 26.8 Å². The molecule has 1 heterocycles. The van der Waals surface area contributed by atoms with Crippen molar-refractivity contribution in [2.24, 2.45) is 0 Å². The van der Waals surface area contributed by atoms with Crippen molar-refractivity contribution in [2.45, 2.75) is 71.9 Å². The van der Waals surface area contributed by atoms with Gasteiger partial charge < -0.3 is 24.3 Å². The number of anilines is 2. The van der Waals surface area contributed by atoms with E-state index in [1.807, 2.05) is 20.8 Å². The second-order valence-corrected chi connectivity index (χ2v) is 15.3. The zero-order chi connectivity index (χ0) is 38.0. The van der Waals surface area contributed by atoms with Gasteiger partial charge in [0.1, 0.15) is 23.7 Å². The number of amides is 2. The summed E-state index contributed by atoms with van der Waals surface area (Å²) in [6.45, 7) is 10.7. The molecule has 0 aliphatic rings. The summed E-state index contributed by atoms with van der Waals surface area (Å²) in [5.41, 5.74) is -0.431. The van der Waals surface area contributed by atoms with Gasteiger partial charge in [0.15, 0.2) is 11.5 Å². The standard InChI is InChI=1S/C35H47N5O10S/c1-34(2,3)39(33(42)49-20-19-37-32(41)50-35(4,5)6)30-22-24(17-18-36-30)12-9-10-21-51(45,46)38-27-14-11-13-26(31(27)40(43)44)25-15-16-28(47-7)29(23-25)48-8/h11,13-18,22-23,38H,9-10,12,19-21H2,1-8H3,(H,37,41). The summed E-state index contributed by atoms with van der Waals surface area (Å²) < 4.78 is 49.7. The van der Waals surface area contributed by atoms with E-state index in [4.69, 9.17) is 18.9 Å². The highest BCUT2D eigenvalue weighted by atomic mass is 32.2. The van der Waals surface area contributed by atoms with Crippen molar-refractivity contribution in [2.75, 3.05) is 42.7 Å². The Morgan fingerprint density at radius 1 is 0.961 bits per heavy atom. The predicted molar refractivity (Wildman–Crippen MR) is 194 cm³/mol. The zero-order valence-corrected chi connectivity index (χ0v) is 31.1. The molecule has 2 amide bonds. The number of nitro groups is 1. The van der Waals surface area contributed by atoms with Crippen molar-refractivity contribution in [3.05, 3.63) is 70.4 Å². The van der Waals surface area contributed by atoms with Crippen LogP contribution in [0.15, 0.2) is 54.7 Å². The van der Waals surface area contributed by atoms with Gasteiger partial charge in [-0.05, 0) is 108 Å². The first-order chi connectivity index (χ1) is 23.8. The Hall–Kier alpha value is -5.12. The number of hydrogen-bond donors (Lipinski definition) is 2. The topological polar surface area (TPSA) is 189 Å². The number of nitro benzene ring substituents is 1. The molecule has 0 unspecified atom stereocenters. The Labute approximate surface area is 298 Å². The maximum atomic E-state index is 13.1. The van der Waals surface area contributed by atoms with Gasteiger partial charge in [0.25, 0.3) is 0 Å². The normalized spacial score (nSPS) is 11.7. The third kappa shape index (κ3) is 12.0. The number of carbonyl (C=O) groups excluding carboxylic acids is 2. The lowest BCUT2D eigenvalue weighted by atomic mass is 10.0. The van der Waals surface area contributed by atoms with Crippen LogP contribution in [-0.2, 0) is 25.9 Å². The largest absolute Gasteiger partial charge is 0.493 e. The zero-order valence-electron chi connectivity index (χ0n) is 30.3. The highest BCUT2D eigenvalue weighted by molar-refractivity contribution is 7.92. The van der Waals surface area contributed by atoms with E-state index in [0.29, 0.717) is 35.7 Å². The van der Waals surface area contributed by atoms with E-state index in [0.717, 1.165) is 5.56 Å². The number of carbonyl (C=O) groups is 2. The molecule has 0 aliphatic carbocycles. The van der Waals surface area contributed by atoms with Crippen LogP contribution in [0, 0.1) is 10.1 Å². The van der Waals surface area contributed by atoms with E-state index in [2.05, 4.69) is 15.0 Å². The van der Waals surface area contributed by atoms with E-state index in [9.17, 15) is 28.1 Å². The summed E-state index contributed by atoms with van der Waals surface area (Å²) in [6.07, 6.45) is 1.49. The van der Waals surface area contributed by atoms with Crippen LogP contribution in [0.25, 0.3) is 11.1 Å². The molecule has 15 nitrogen and oxygen atoms in total. The van der Waals surface area contributed by atoms with E-state index < -0.39 is 38.3 Å². The number of para-hydroxylation sites is 1. The Morgan fingerprint density at radius 3 is 2.29 bits per heavy atom. The molecule has 1 aromatic heterocycles. The molecule has 0 atom stereocenters. The number of nitrogens with zero attached hydrogens (tertiary/aromatic N) is 3. The first kappa shape index (κ1) is 40.3. The van der Waals surface area contributed by atoms with Gasteiger partial charge in [-0.25, -0.2) is 23.0 Å². The van der Waals surface area contributed by atoms with Crippen molar-refractivity contribution in [3.8, 4) is 22.6 Å².